The van der Waals surface area contributed by atoms with Gasteiger partial charge < -0.3 is 20.0 Å². The molecule has 0 spiro atoms. The molecule has 2 aromatic rings. The Bertz CT molecular complexity index is 685. The van der Waals surface area contributed by atoms with Crippen LogP contribution in [0.1, 0.15) is 0 Å². The van der Waals surface area contributed by atoms with E-state index in [0.717, 1.165) is 50.1 Å². The summed E-state index contributed by atoms with van der Waals surface area (Å²) in [6, 6.07) is 10.0. The van der Waals surface area contributed by atoms with Crippen molar-refractivity contribution in [1.29, 1.82) is 0 Å². The van der Waals surface area contributed by atoms with E-state index in [0.29, 0.717) is 5.95 Å². The first-order valence-electron chi connectivity index (χ1n) is 8.59. The van der Waals surface area contributed by atoms with Crippen molar-refractivity contribution in [3.8, 4) is 0 Å². The first-order valence-corrected chi connectivity index (χ1v) is 8.97. The van der Waals surface area contributed by atoms with Crippen LogP contribution in [0.15, 0.2) is 36.5 Å². The molecule has 1 aromatic carbocycles. The molecule has 25 heavy (non-hydrogen) atoms. The lowest BCUT2D eigenvalue weighted by atomic mass is 10.2. The molecule has 1 fully saturated rings. The molecule has 0 amide bonds. The van der Waals surface area contributed by atoms with Gasteiger partial charge in [-0.1, -0.05) is 17.7 Å². The molecule has 0 unspecified atom stereocenters. The summed E-state index contributed by atoms with van der Waals surface area (Å²) < 4.78 is 0. The maximum atomic E-state index is 6.10. The van der Waals surface area contributed by atoms with Gasteiger partial charge in [-0.2, -0.15) is 4.98 Å². The van der Waals surface area contributed by atoms with Crippen LogP contribution < -0.4 is 15.1 Å². The average molecular weight is 361 g/mol. The van der Waals surface area contributed by atoms with E-state index in [1.807, 2.05) is 30.5 Å². The van der Waals surface area contributed by atoms with Crippen LogP contribution >= 0.6 is 11.6 Å². The number of likely N-dealkylation sites (N-methyl/N-ethyl adjacent to an activating group) is 1. The van der Waals surface area contributed by atoms with Crippen LogP contribution in [0.3, 0.4) is 0 Å². The summed E-state index contributed by atoms with van der Waals surface area (Å²) in [5, 5.41) is 4.06. The molecule has 0 saturated carbocycles. The minimum Gasteiger partial charge on any atom is -0.368 e. The van der Waals surface area contributed by atoms with Crippen molar-refractivity contribution >= 4 is 29.1 Å². The molecular weight excluding hydrogens is 336 g/mol. The fraction of sp³-hybridized carbons (Fsp3) is 0.444. The molecule has 1 aromatic heterocycles. The quantitative estimate of drug-likeness (QED) is 0.853. The van der Waals surface area contributed by atoms with Crippen molar-refractivity contribution < 1.29 is 0 Å². The Labute approximate surface area is 154 Å². The Hall–Kier alpha value is -2.05. The molecule has 1 saturated heterocycles. The summed E-state index contributed by atoms with van der Waals surface area (Å²) in [7, 11) is 4.11. The lowest BCUT2D eigenvalue weighted by molar-refractivity contribution is 0.425. The van der Waals surface area contributed by atoms with E-state index in [1.54, 1.807) is 0 Å². The number of halogens is 1. The van der Waals surface area contributed by atoms with Crippen LogP contribution in [0.4, 0.5) is 17.5 Å². The second-order valence-corrected chi connectivity index (χ2v) is 6.86. The number of aromatic nitrogens is 2. The maximum Gasteiger partial charge on any atom is 0.224 e. The van der Waals surface area contributed by atoms with Crippen molar-refractivity contribution in [2.24, 2.45) is 0 Å². The zero-order valence-electron chi connectivity index (χ0n) is 14.8. The smallest absolute Gasteiger partial charge is 0.224 e. The Morgan fingerprint density at radius 3 is 2.60 bits per heavy atom. The SMILES string of the molecule is CN(C)CCNc1nccc(N2CCN(c3cccc(Cl)c3)CC2)n1. The van der Waals surface area contributed by atoms with Gasteiger partial charge in [-0.15, -0.1) is 0 Å². The minimum absolute atomic E-state index is 0.691. The molecule has 3 rings (SSSR count). The summed E-state index contributed by atoms with van der Waals surface area (Å²) in [6.45, 7) is 5.55. The monoisotopic (exact) mass is 360 g/mol. The van der Waals surface area contributed by atoms with Crippen LogP contribution in [0.25, 0.3) is 0 Å². The number of nitrogens with one attached hydrogen (secondary N) is 1. The Balaban J connectivity index is 1.57. The fourth-order valence-electron chi connectivity index (χ4n) is 2.87. The molecule has 134 valence electrons. The van der Waals surface area contributed by atoms with E-state index in [9.17, 15) is 0 Å². The first-order chi connectivity index (χ1) is 12.1. The third kappa shape index (κ3) is 4.96. The van der Waals surface area contributed by atoms with Crippen molar-refractivity contribution in [2.75, 3.05) is 68.5 Å². The fourth-order valence-corrected chi connectivity index (χ4v) is 3.05. The van der Waals surface area contributed by atoms with Crippen LogP contribution in [-0.4, -0.2) is 68.2 Å². The van der Waals surface area contributed by atoms with Gasteiger partial charge in [0.25, 0.3) is 0 Å². The predicted octanol–water partition coefficient (Wildman–Crippen LogP) is 2.43. The van der Waals surface area contributed by atoms with Gasteiger partial charge in [0.2, 0.25) is 5.95 Å². The number of nitrogens with zero attached hydrogens (tertiary/aromatic N) is 5. The number of hydrogen-bond donors (Lipinski definition) is 1. The normalized spacial score (nSPS) is 14.9. The lowest BCUT2D eigenvalue weighted by Crippen LogP contribution is -2.46. The topological polar surface area (TPSA) is 47.5 Å². The van der Waals surface area contributed by atoms with E-state index in [4.69, 9.17) is 11.6 Å². The first kappa shape index (κ1) is 17.8. The zero-order chi connectivity index (χ0) is 17.6. The number of hydrogen-bond acceptors (Lipinski definition) is 6. The van der Waals surface area contributed by atoms with Gasteiger partial charge in [-0.3, -0.25) is 0 Å². The molecule has 7 heteroatoms. The van der Waals surface area contributed by atoms with Crippen molar-refractivity contribution in [3.63, 3.8) is 0 Å². The molecule has 0 aliphatic carbocycles. The lowest BCUT2D eigenvalue weighted by Gasteiger charge is -2.36. The molecule has 1 aliphatic heterocycles. The Kier molecular flexibility index (Phi) is 5.94. The van der Waals surface area contributed by atoms with Gasteiger partial charge in [-0.05, 0) is 38.4 Å². The van der Waals surface area contributed by atoms with Crippen molar-refractivity contribution in [1.82, 2.24) is 14.9 Å². The van der Waals surface area contributed by atoms with E-state index < -0.39 is 0 Å². The standard InChI is InChI=1S/C18H25ClN6/c1-23(2)9-8-21-18-20-7-6-17(22-18)25-12-10-24(11-13-25)16-5-3-4-15(19)14-16/h3-7,14H,8-13H2,1-2H3,(H,20,21,22). The molecule has 1 N–H and O–H groups in total. The second-order valence-electron chi connectivity index (χ2n) is 6.42. The summed E-state index contributed by atoms with van der Waals surface area (Å²) in [5.74, 6) is 1.67. The number of benzene rings is 1. The van der Waals surface area contributed by atoms with Crippen molar-refractivity contribution in [2.45, 2.75) is 0 Å². The van der Waals surface area contributed by atoms with Crippen LogP contribution in [-0.2, 0) is 0 Å². The highest BCUT2D eigenvalue weighted by Crippen LogP contribution is 2.22. The van der Waals surface area contributed by atoms with E-state index in [2.05, 4.69) is 50.1 Å². The van der Waals surface area contributed by atoms with Gasteiger partial charge in [0.1, 0.15) is 5.82 Å². The van der Waals surface area contributed by atoms with Crippen LogP contribution in [0.2, 0.25) is 5.02 Å². The second kappa shape index (κ2) is 8.36. The largest absolute Gasteiger partial charge is 0.368 e. The summed E-state index contributed by atoms with van der Waals surface area (Å²) in [5.41, 5.74) is 1.18. The highest BCUT2D eigenvalue weighted by molar-refractivity contribution is 6.30. The molecular formula is C18H25ClN6. The van der Waals surface area contributed by atoms with Gasteiger partial charge in [0.05, 0.1) is 0 Å². The number of rotatable bonds is 6. The average Bonchev–Trinajstić information content (AvgIpc) is 2.62. The van der Waals surface area contributed by atoms with Crippen LogP contribution in [0.5, 0.6) is 0 Å². The molecule has 6 nitrogen and oxygen atoms in total. The molecule has 1 aliphatic rings. The summed E-state index contributed by atoms with van der Waals surface area (Å²) >= 11 is 6.10. The third-order valence-corrected chi connectivity index (χ3v) is 4.50. The van der Waals surface area contributed by atoms with Gasteiger partial charge in [-0.25, -0.2) is 4.98 Å². The predicted molar refractivity (Wildman–Crippen MR) is 105 cm³/mol. The van der Waals surface area contributed by atoms with Crippen LogP contribution in [0, 0.1) is 0 Å². The van der Waals surface area contributed by atoms with Gasteiger partial charge >= 0.3 is 0 Å². The van der Waals surface area contributed by atoms with E-state index in [-0.39, 0.29) is 0 Å². The summed E-state index contributed by atoms with van der Waals surface area (Å²) in [6.07, 6.45) is 1.82. The Morgan fingerprint density at radius 1 is 1.12 bits per heavy atom. The summed E-state index contributed by atoms with van der Waals surface area (Å²) in [4.78, 5) is 15.8. The zero-order valence-corrected chi connectivity index (χ0v) is 15.6. The third-order valence-electron chi connectivity index (χ3n) is 4.26. The van der Waals surface area contributed by atoms with Crippen molar-refractivity contribution in [3.05, 3.63) is 41.6 Å². The van der Waals surface area contributed by atoms with Gasteiger partial charge in [0.15, 0.2) is 0 Å². The Morgan fingerprint density at radius 2 is 1.88 bits per heavy atom. The highest BCUT2D eigenvalue weighted by Gasteiger charge is 2.18. The van der Waals surface area contributed by atoms with E-state index in [1.165, 1.54) is 5.69 Å². The minimum atomic E-state index is 0.691. The molecule has 2 heterocycles. The van der Waals surface area contributed by atoms with E-state index >= 15 is 0 Å². The maximum absolute atomic E-state index is 6.10. The molecule has 0 bridgehead atoms. The highest BCUT2D eigenvalue weighted by atomic mass is 35.5. The van der Waals surface area contributed by atoms with Gasteiger partial charge in [0, 0.05) is 56.2 Å². The molecule has 0 radical (unpaired) electrons. The molecule has 0 atom stereocenters. The number of anilines is 3. The number of piperazine rings is 1.